The van der Waals surface area contributed by atoms with E-state index >= 15 is 0 Å². The number of rotatable bonds is 9. The molecule has 226 valence electrons. The molecule has 2 aromatic carbocycles. The number of ether oxygens (including phenoxy) is 1. The highest BCUT2D eigenvalue weighted by Crippen LogP contribution is 2.34. The molecule has 1 aromatic heterocycles. The molecule has 3 heterocycles. The summed E-state index contributed by atoms with van der Waals surface area (Å²) in [5, 5.41) is 17.1. The van der Waals surface area contributed by atoms with E-state index in [2.05, 4.69) is 70.4 Å². The molecule has 0 saturated carbocycles. The molecule has 0 unspecified atom stereocenters. The van der Waals surface area contributed by atoms with Crippen LogP contribution in [0.15, 0.2) is 47.1 Å². The SMILES string of the molecule is COCc1cc(Nc2ncc(Br)c(Nc3cc(F)ccc3C(C)(C)O)n2)ccc1N1CCC(N2CCN(C)CC2)CC1. The molecule has 0 atom stereocenters. The van der Waals surface area contributed by atoms with Gasteiger partial charge in [0.1, 0.15) is 11.6 Å². The van der Waals surface area contributed by atoms with E-state index in [0.717, 1.165) is 50.5 Å². The Hall–Kier alpha value is -2.83. The highest BCUT2D eigenvalue weighted by molar-refractivity contribution is 9.10. The predicted octanol–water partition coefficient (Wildman–Crippen LogP) is 5.46. The van der Waals surface area contributed by atoms with Crippen molar-refractivity contribution in [2.45, 2.75) is 44.9 Å². The molecule has 0 aliphatic carbocycles. The van der Waals surface area contributed by atoms with Gasteiger partial charge in [-0.15, -0.1) is 0 Å². The van der Waals surface area contributed by atoms with Crippen molar-refractivity contribution in [3.05, 3.63) is 64.0 Å². The van der Waals surface area contributed by atoms with Crippen molar-refractivity contribution >= 4 is 44.8 Å². The van der Waals surface area contributed by atoms with E-state index < -0.39 is 11.4 Å². The maximum atomic E-state index is 14.1. The van der Waals surface area contributed by atoms with Gasteiger partial charge in [-0.3, -0.25) is 4.90 Å². The van der Waals surface area contributed by atoms with Crippen molar-refractivity contribution in [1.29, 1.82) is 0 Å². The fourth-order valence-corrected chi connectivity index (χ4v) is 6.12. The summed E-state index contributed by atoms with van der Waals surface area (Å²) in [5.74, 6) is 0.412. The van der Waals surface area contributed by atoms with E-state index in [1.807, 2.05) is 6.07 Å². The zero-order valence-corrected chi connectivity index (χ0v) is 26.4. The maximum Gasteiger partial charge on any atom is 0.229 e. The van der Waals surface area contributed by atoms with Gasteiger partial charge in [-0.05, 0) is 80.0 Å². The second-order valence-corrected chi connectivity index (χ2v) is 12.6. The molecule has 2 saturated heterocycles. The number of methoxy groups -OCH3 is 1. The Kier molecular flexibility index (Phi) is 9.64. The average molecular weight is 643 g/mol. The minimum absolute atomic E-state index is 0.381. The second kappa shape index (κ2) is 13.2. The minimum atomic E-state index is -1.17. The Balaban J connectivity index is 1.30. The summed E-state index contributed by atoms with van der Waals surface area (Å²) in [4.78, 5) is 16.6. The zero-order chi connectivity index (χ0) is 29.9. The van der Waals surface area contributed by atoms with Gasteiger partial charge in [-0.1, -0.05) is 6.07 Å². The van der Waals surface area contributed by atoms with Crippen molar-refractivity contribution in [1.82, 2.24) is 19.8 Å². The highest BCUT2D eigenvalue weighted by Gasteiger charge is 2.28. The number of anilines is 5. The molecule has 0 amide bonds. The average Bonchev–Trinajstić information content (AvgIpc) is 2.95. The van der Waals surface area contributed by atoms with E-state index in [0.29, 0.717) is 40.1 Å². The van der Waals surface area contributed by atoms with Gasteiger partial charge in [0.2, 0.25) is 5.95 Å². The number of piperidine rings is 1. The molecule has 3 aromatic rings. The zero-order valence-electron chi connectivity index (χ0n) is 24.8. The van der Waals surface area contributed by atoms with Crippen LogP contribution in [0.5, 0.6) is 0 Å². The van der Waals surface area contributed by atoms with Gasteiger partial charge < -0.3 is 30.3 Å². The first-order valence-corrected chi connectivity index (χ1v) is 15.3. The molecular formula is C31H41BrFN7O2. The third-order valence-electron chi connectivity index (χ3n) is 8.13. The van der Waals surface area contributed by atoms with E-state index in [-0.39, 0.29) is 0 Å². The first-order chi connectivity index (χ1) is 20.1. The molecule has 2 aliphatic heterocycles. The molecule has 11 heteroatoms. The summed E-state index contributed by atoms with van der Waals surface area (Å²) in [7, 11) is 3.92. The van der Waals surface area contributed by atoms with Crippen LogP contribution < -0.4 is 15.5 Å². The molecular weight excluding hydrogens is 601 g/mol. The number of halogens is 2. The Labute approximate surface area is 256 Å². The second-order valence-electron chi connectivity index (χ2n) is 11.7. The lowest BCUT2D eigenvalue weighted by molar-refractivity contribution is 0.0793. The number of aliphatic hydroxyl groups is 1. The van der Waals surface area contributed by atoms with Gasteiger partial charge in [0.05, 0.1) is 16.7 Å². The van der Waals surface area contributed by atoms with Gasteiger partial charge in [-0.2, -0.15) is 4.98 Å². The Morgan fingerprint density at radius 1 is 1.05 bits per heavy atom. The molecule has 0 bridgehead atoms. The summed E-state index contributed by atoms with van der Waals surface area (Å²) in [6.07, 6.45) is 3.97. The van der Waals surface area contributed by atoms with Crippen molar-refractivity contribution in [3.63, 3.8) is 0 Å². The minimum Gasteiger partial charge on any atom is -0.386 e. The van der Waals surface area contributed by atoms with Crippen LogP contribution >= 0.6 is 15.9 Å². The predicted molar refractivity (Wildman–Crippen MR) is 169 cm³/mol. The lowest BCUT2D eigenvalue weighted by Crippen LogP contribution is -2.52. The van der Waals surface area contributed by atoms with Crippen LogP contribution in [0.4, 0.5) is 33.2 Å². The van der Waals surface area contributed by atoms with Gasteiger partial charge in [0.25, 0.3) is 0 Å². The number of hydrogen-bond donors (Lipinski definition) is 3. The standard InChI is InChI=1S/C31H41BrFN7O2/c1-31(2,41)25-7-5-22(33)18-27(25)36-29-26(32)19-34-30(37-29)35-23-6-8-28(21(17-23)20-42-4)40-11-9-24(10-12-40)39-15-13-38(3)14-16-39/h5-8,17-19,24,41H,9-16,20H2,1-4H3,(H2,34,35,36,37). The number of benzene rings is 2. The number of piperazine rings is 1. The monoisotopic (exact) mass is 641 g/mol. The van der Waals surface area contributed by atoms with Crippen molar-refractivity contribution in [2.75, 3.05) is 69.0 Å². The van der Waals surface area contributed by atoms with Gasteiger partial charge in [-0.25, -0.2) is 9.37 Å². The molecule has 2 fully saturated rings. The Morgan fingerprint density at radius 3 is 2.48 bits per heavy atom. The van der Waals surface area contributed by atoms with Gasteiger partial charge >= 0.3 is 0 Å². The van der Waals surface area contributed by atoms with Crippen molar-refractivity contribution < 1.29 is 14.2 Å². The summed E-state index contributed by atoms with van der Waals surface area (Å²) in [6.45, 7) is 10.5. The fourth-order valence-electron chi connectivity index (χ4n) is 5.83. The Morgan fingerprint density at radius 2 is 1.79 bits per heavy atom. The van der Waals surface area contributed by atoms with Crippen LogP contribution in [0.3, 0.4) is 0 Å². The highest BCUT2D eigenvalue weighted by atomic mass is 79.9. The first kappa shape index (κ1) is 30.6. The smallest absolute Gasteiger partial charge is 0.229 e. The normalized spacial score (nSPS) is 17.5. The van der Waals surface area contributed by atoms with Crippen LogP contribution in [0, 0.1) is 5.82 Å². The lowest BCUT2D eigenvalue weighted by Gasteiger charge is -2.43. The quantitative estimate of drug-likeness (QED) is 0.282. The van der Waals surface area contributed by atoms with Crippen LogP contribution in [-0.2, 0) is 16.9 Å². The number of nitrogens with zero attached hydrogens (tertiary/aromatic N) is 5. The largest absolute Gasteiger partial charge is 0.386 e. The molecule has 5 rings (SSSR count). The van der Waals surface area contributed by atoms with Crippen LogP contribution in [0.1, 0.15) is 37.8 Å². The van der Waals surface area contributed by atoms with Gasteiger partial charge in [0.15, 0.2) is 0 Å². The summed E-state index contributed by atoms with van der Waals surface area (Å²) in [5.41, 5.74) is 2.95. The lowest BCUT2D eigenvalue weighted by atomic mass is 9.96. The summed E-state index contributed by atoms with van der Waals surface area (Å²) < 4.78 is 20.3. The van der Waals surface area contributed by atoms with Crippen LogP contribution in [0.25, 0.3) is 0 Å². The van der Waals surface area contributed by atoms with E-state index in [1.165, 1.54) is 30.7 Å². The number of aromatic nitrogens is 2. The molecule has 3 N–H and O–H groups in total. The number of likely N-dealkylation sites (N-methyl/N-ethyl adjacent to an activating group) is 1. The van der Waals surface area contributed by atoms with Crippen molar-refractivity contribution in [3.8, 4) is 0 Å². The van der Waals surface area contributed by atoms with Crippen LogP contribution in [0.2, 0.25) is 0 Å². The third-order valence-corrected chi connectivity index (χ3v) is 8.71. The van der Waals surface area contributed by atoms with E-state index in [1.54, 1.807) is 33.2 Å². The third kappa shape index (κ3) is 7.38. The van der Waals surface area contributed by atoms with Crippen LogP contribution in [-0.4, -0.2) is 84.3 Å². The topological polar surface area (TPSA) is 89.0 Å². The first-order valence-electron chi connectivity index (χ1n) is 14.5. The molecule has 2 aliphatic rings. The fraction of sp³-hybridized carbons (Fsp3) is 0.484. The van der Waals surface area contributed by atoms with E-state index in [4.69, 9.17) is 4.74 Å². The molecule has 9 nitrogen and oxygen atoms in total. The van der Waals surface area contributed by atoms with Gasteiger partial charge in [0, 0.05) is 86.8 Å². The van der Waals surface area contributed by atoms with Crippen molar-refractivity contribution in [2.24, 2.45) is 0 Å². The summed E-state index contributed by atoms with van der Waals surface area (Å²) >= 11 is 3.49. The molecule has 42 heavy (non-hydrogen) atoms. The molecule has 0 radical (unpaired) electrons. The summed E-state index contributed by atoms with van der Waals surface area (Å²) in [6, 6.07) is 11.2. The maximum absolute atomic E-state index is 14.1. The van der Waals surface area contributed by atoms with E-state index in [9.17, 15) is 9.50 Å². The number of hydrogen-bond acceptors (Lipinski definition) is 9. The number of nitrogens with one attached hydrogen (secondary N) is 2. The Bertz CT molecular complexity index is 1370. The molecule has 0 spiro atoms.